The van der Waals surface area contributed by atoms with Gasteiger partial charge in [-0.1, -0.05) is 29.8 Å². The molecule has 1 aromatic carbocycles. The van der Waals surface area contributed by atoms with E-state index >= 15 is 0 Å². The molecule has 0 aliphatic rings. The Balaban J connectivity index is 2.29. The monoisotopic (exact) mass is 230 g/mol. The number of hydrogen-bond donors (Lipinski definition) is 1. The predicted molar refractivity (Wildman–Crippen MR) is 57.0 cm³/mol. The average Bonchev–Trinajstić information content (AvgIpc) is 2.14. The van der Waals surface area contributed by atoms with Crippen LogP contribution < -0.4 is 0 Å². The highest BCUT2D eigenvalue weighted by atomic mass is 32.3. The summed E-state index contributed by atoms with van der Waals surface area (Å²) in [5.74, 6) is 0. The Morgan fingerprint density at radius 3 is 2.40 bits per heavy atom. The van der Waals surface area contributed by atoms with Gasteiger partial charge in [-0.25, -0.2) is 4.18 Å². The van der Waals surface area contributed by atoms with Gasteiger partial charge in [0.05, 0.1) is 6.61 Å². The first-order chi connectivity index (χ1) is 6.97. The molecule has 1 aromatic rings. The van der Waals surface area contributed by atoms with E-state index in [1.165, 1.54) is 5.56 Å². The molecule has 0 spiro atoms. The molecule has 0 radical (unpaired) electrons. The molecule has 0 fully saturated rings. The smallest absolute Gasteiger partial charge is 0.264 e. The van der Waals surface area contributed by atoms with E-state index in [0.717, 1.165) is 12.0 Å². The first-order valence-corrected chi connectivity index (χ1v) is 6.01. The molecule has 84 valence electrons. The zero-order valence-corrected chi connectivity index (χ0v) is 9.33. The van der Waals surface area contributed by atoms with Crippen LogP contribution in [0.2, 0.25) is 0 Å². The molecule has 0 aliphatic heterocycles. The lowest BCUT2D eigenvalue weighted by Crippen LogP contribution is -2.05. The maximum atomic E-state index is 10.2. The maximum absolute atomic E-state index is 10.2. The van der Waals surface area contributed by atoms with Gasteiger partial charge < -0.3 is 0 Å². The van der Waals surface area contributed by atoms with Crippen molar-refractivity contribution < 1.29 is 17.2 Å². The summed E-state index contributed by atoms with van der Waals surface area (Å²) >= 11 is 0. The number of rotatable bonds is 5. The summed E-state index contributed by atoms with van der Waals surface area (Å²) in [6, 6.07) is 7.98. The van der Waals surface area contributed by atoms with Gasteiger partial charge in [-0.05, 0) is 25.3 Å². The second-order valence-electron chi connectivity index (χ2n) is 3.34. The van der Waals surface area contributed by atoms with Gasteiger partial charge in [-0.3, -0.25) is 4.55 Å². The molecule has 1 rings (SSSR count). The quantitative estimate of drug-likeness (QED) is 0.618. The van der Waals surface area contributed by atoms with E-state index < -0.39 is 10.4 Å². The fraction of sp³-hybridized carbons (Fsp3) is 0.400. The highest BCUT2D eigenvalue weighted by Crippen LogP contribution is 2.06. The normalized spacial score (nSPS) is 11.6. The minimum Gasteiger partial charge on any atom is -0.264 e. The molecule has 0 amide bonds. The summed E-state index contributed by atoms with van der Waals surface area (Å²) in [7, 11) is -4.29. The molecule has 0 heterocycles. The average molecular weight is 230 g/mol. The van der Waals surface area contributed by atoms with Gasteiger partial charge in [0, 0.05) is 0 Å². The Kier molecular flexibility index (Phi) is 4.26. The second kappa shape index (κ2) is 5.25. The first kappa shape index (κ1) is 12.2. The fourth-order valence-electron chi connectivity index (χ4n) is 1.20. The molecular formula is C10H14O4S. The van der Waals surface area contributed by atoms with Crippen molar-refractivity contribution in [3.63, 3.8) is 0 Å². The van der Waals surface area contributed by atoms with Crippen LogP contribution in [-0.4, -0.2) is 19.6 Å². The molecule has 4 nitrogen and oxygen atoms in total. The predicted octanol–water partition coefficient (Wildman–Crippen LogP) is 1.75. The molecule has 1 N–H and O–H groups in total. The van der Waals surface area contributed by atoms with Crippen LogP contribution in [0.3, 0.4) is 0 Å². The van der Waals surface area contributed by atoms with Crippen molar-refractivity contribution >= 4 is 10.4 Å². The van der Waals surface area contributed by atoms with Crippen molar-refractivity contribution in [3.8, 4) is 0 Å². The minimum atomic E-state index is -4.29. The lowest BCUT2D eigenvalue weighted by atomic mass is 10.1. The van der Waals surface area contributed by atoms with Crippen LogP contribution in [-0.2, 0) is 21.0 Å². The van der Waals surface area contributed by atoms with Crippen molar-refractivity contribution in [3.05, 3.63) is 35.4 Å². The van der Waals surface area contributed by atoms with Gasteiger partial charge >= 0.3 is 10.4 Å². The molecule has 0 atom stereocenters. The lowest BCUT2D eigenvalue weighted by molar-refractivity contribution is 0.265. The van der Waals surface area contributed by atoms with Crippen LogP contribution in [0.4, 0.5) is 0 Å². The van der Waals surface area contributed by atoms with Crippen molar-refractivity contribution in [2.24, 2.45) is 0 Å². The van der Waals surface area contributed by atoms with Crippen LogP contribution in [0.1, 0.15) is 17.5 Å². The third-order valence-corrected chi connectivity index (χ3v) is 2.43. The largest absolute Gasteiger partial charge is 0.397 e. The summed E-state index contributed by atoms with van der Waals surface area (Å²) in [6.07, 6.45) is 1.29. The maximum Gasteiger partial charge on any atom is 0.397 e. The highest BCUT2D eigenvalue weighted by Gasteiger charge is 2.03. The van der Waals surface area contributed by atoms with Crippen molar-refractivity contribution in [1.29, 1.82) is 0 Å². The molecule has 0 saturated heterocycles. The Bertz CT molecular complexity index is 394. The molecule has 0 aromatic heterocycles. The molecule has 0 unspecified atom stereocenters. The number of benzene rings is 1. The minimum absolute atomic E-state index is 0.00666. The number of hydrogen-bond acceptors (Lipinski definition) is 3. The Hall–Kier alpha value is -0.910. The van der Waals surface area contributed by atoms with E-state index in [0.29, 0.717) is 6.42 Å². The van der Waals surface area contributed by atoms with E-state index in [2.05, 4.69) is 4.18 Å². The van der Waals surface area contributed by atoms with Crippen LogP contribution in [0.15, 0.2) is 24.3 Å². The number of aryl methyl sites for hydroxylation is 2. The third-order valence-electron chi connectivity index (χ3n) is 1.96. The van der Waals surface area contributed by atoms with E-state index in [4.69, 9.17) is 4.55 Å². The van der Waals surface area contributed by atoms with Gasteiger partial charge in [-0.2, -0.15) is 8.42 Å². The summed E-state index contributed by atoms with van der Waals surface area (Å²) < 4.78 is 32.9. The van der Waals surface area contributed by atoms with Gasteiger partial charge in [0.15, 0.2) is 0 Å². The van der Waals surface area contributed by atoms with Crippen LogP contribution in [0.5, 0.6) is 0 Å². The van der Waals surface area contributed by atoms with Crippen LogP contribution in [0.25, 0.3) is 0 Å². The van der Waals surface area contributed by atoms with Gasteiger partial charge in [0.2, 0.25) is 0 Å². The Labute approximate surface area is 89.8 Å². The van der Waals surface area contributed by atoms with E-state index in [1.807, 2.05) is 31.2 Å². The zero-order chi connectivity index (χ0) is 11.3. The van der Waals surface area contributed by atoms with Crippen molar-refractivity contribution in [1.82, 2.24) is 0 Å². The summed E-state index contributed by atoms with van der Waals surface area (Å²) in [6.45, 7) is 2.01. The Morgan fingerprint density at radius 1 is 1.27 bits per heavy atom. The second-order valence-corrected chi connectivity index (χ2v) is 4.43. The summed E-state index contributed by atoms with van der Waals surface area (Å²) in [5, 5.41) is 0. The van der Waals surface area contributed by atoms with Crippen molar-refractivity contribution in [2.45, 2.75) is 19.8 Å². The Morgan fingerprint density at radius 2 is 1.87 bits per heavy atom. The van der Waals surface area contributed by atoms with Gasteiger partial charge in [0.25, 0.3) is 0 Å². The summed E-state index contributed by atoms with van der Waals surface area (Å²) in [4.78, 5) is 0. The van der Waals surface area contributed by atoms with Gasteiger partial charge in [0.1, 0.15) is 0 Å². The molecule has 15 heavy (non-hydrogen) atoms. The topological polar surface area (TPSA) is 63.6 Å². The highest BCUT2D eigenvalue weighted by molar-refractivity contribution is 7.80. The van der Waals surface area contributed by atoms with E-state index in [-0.39, 0.29) is 6.61 Å². The molecule has 0 bridgehead atoms. The SMILES string of the molecule is Cc1ccc(CCCOS(=O)(=O)O)cc1. The van der Waals surface area contributed by atoms with Crippen molar-refractivity contribution in [2.75, 3.05) is 6.61 Å². The van der Waals surface area contributed by atoms with Crippen LogP contribution >= 0.6 is 0 Å². The van der Waals surface area contributed by atoms with E-state index in [9.17, 15) is 8.42 Å². The summed E-state index contributed by atoms with van der Waals surface area (Å²) in [5.41, 5.74) is 2.31. The standard InChI is InChI=1S/C10H14O4S/c1-9-4-6-10(7-5-9)3-2-8-14-15(11,12)13/h4-7H,2-3,8H2,1H3,(H,11,12,13). The first-order valence-electron chi connectivity index (χ1n) is 4.65. The van der Waals surface area contributed by atoms with Gasteiger partial charge in [-0.15, -0.1) is 0 Å². The molecule has 0 aliphatic carbocycles. The fourth-order valence-corrected chi connectivity index (χ4v) is 1.52. The lowest BCUT2D eigenvalue weighted by Gasteiger charge is -2.01. The van der Waals surface area contributed by atoms with E-state index in [1.54, 1.807) is 0 Å². The molecule has 5 heteroatoms. The molecule has 0 saturated carbocycles. The molecular weight excluding hydrogens is 216 g/mol. The van der Waals surface area contributed by atoms with Crippen LogP contribution in [0, 0.1) is 6.92 Å². The zero-order valence-electron chi connectivity index (χ0n) is 8.51. The third kappa shape index (κ3) is 5.51.